The van der Waals surface area contributed by atoms with Crippen molar-refractivity contribution < 1.29 is 17.9 Å². The molecular weight excluding hydrogens is 294 g/mol. The van der Waals surface area contributed by atoms with Crippen LogP contribution in [0.2, 0.25) is 0 Å². The molecule has 0 aliphatic heterocycles. The summed E-state index contributed by atoms with van der Waals surface area (Å²) in [6.07, 6.45) is 0. The molecule has 0 aliphatic rings. The molecule has 8 heteroatoms. The van der Waals surface area contributed by atoms with Gasteiger partial charge in [-0.3, -0.25) is 4.79 Å². The Kier molecular flexibility index (Phi) is 6.13. The quantitative estimate of drug-likeness (QED) is 0.733. The molecule has 0 heterocycles. The number of carbonyl (C=O) groups excluding carboxylic acids is 1. The standard InChI is InChI=1S/C13H21N3O4S/c1-14-7-8-16(3)13(17)10-5-6-11(20-4)12(9-10)21(18,19)15-2/h5-6,9,14-15H,7-8H2,1-4H3. The molecule has 1 amide bonds. The molecule has 2 N–H and O–H groups in total. The first kappa shape index (κ1) is 17.4. The normalized spacial score (nSPS) is 11.2. The summed E-state index contributed by atoms with van der Waals surface area (Å²) in [5.41, 5.74) is 0.295. The van der Waals surface area contributed by atoms with E-state index in [1.807, 2.05) is 0 Å². The van der Waals surface area contributed by atoms with Gasteiger partial charge in [0.2, 0.25) is 10.0 Å². The van der Waals surface area contributed by atoms with Crippen LogP contribution < -0.4 is 14.8 Å². The number of hydrogen-bond acceptors (Lipinski definition) is 5. The third-order valence-electron chi connectivity index (χ3n) is 3.01. The van der Waals surface area contributed by atoms with E-state index in [0.29, 0.717) is 18.7 Å². The number of methoxy groups -OCH3 is 1. The van der Waals surface area contributed by atoms with Gasteiger partial charge in [-0.2, -0.15) is 0 Å². The summed E-state index contributed by atoms with van der Waals surface area (Å²) >= 11 is 0. The number of carbonyl (C=O) groups is 1. The number of hydrogen-bond donors (Lipinski definition) is 2. The molecule has 0 saturated heterocycles. The van der Waals surface area contributed by atoms with Crippen molar-refractivity contribution in [2.24, 2.45) is 0 Å². The predicted molar refractivity (Wildman–Crippen MR) is 80.1 cm³/mol. The van der Waals surface area contributed by atoms with Crippen LogP contribution in [0.15, 0.2) is 23.1 Å². The lowest BCUT2D eigenvalue weighted by atomic mass is 10.2. The van der Waals surface area contributed by atoms with Crippen molar-refractivity contribution in [3.8, 4) is 5.75 Å². The van der Waals surface area contributed by atoms with E-state index in [0.717, 1.165) is 0 Å². The van der Waals surface area contributed by atoms with Gasteiger partial charge in [-0.1, -0.05) is 0 Å². The monoisotopic (exact) mass is 315 g/mol. The van der Waals surface area contributed by atoms with E-state index in [1.165, 1.54) is 31.2 Å². The zero-order valence-electron chi connectivity index (χ0n) is 12.6. The van der Waals surface area contributed by atoms with Crippen LogP contribution in [-0.2, 0) is 10.0 Å². The average Bonchev–Trinajstić information content (AvgIpc) is 2.51. The Morgan fingerprint density at radius 2 is 2.00 bits per heavy atom. The average molecular weight is 315 g/mol. The number of sulfonamides is 1. The Labute approximate surface area is 125 Å². The van der Waals surface area contributed by atoms with Crippen LogP contribution in [0.3, 0.4) is 0 Å². The summed E-state index contributed by atoms with van der Waals surface area (Å²) in [6, 6.07) is 4.35. The number of likely N-dealkylation sites (N-methyl/N-ethyl adjacent to an activating group) is 2. The Bertz CT molecular complexity index is 601. The van der Waals surface area contributed by atoms with Gasteiger partial charge < -0.3 is 15.0 Å². The topological polar surface area (TPSA) is 87.7 Å². The van der Waals surface area contributed by atoms with Crippen LogP contribution in [0, 0.1) is 0 Å². The second-order valence-corrected chi connectivity index (χ2v) is 6.26. The molecule has 0 spiro atoms. The number of nitrogens with one attached hydrogen (secondary N) is 2. The zero-order valence-corrected chi connectivity index (χ0v) is 13.5. The minimum atomic E-state index is -3.70. The molecule has 21 heavy (non-hydrogen) atoms. The highest BCUT2D eigenvalue weighted by Gasteiger charge is 2.21. The SMILES string of the molecule is CNCCN(C)C(=O)c1ccc(OC)c(S(=O)(=O)NC)c1. The molecule has 0 unspecified atom stereocenters. The Morgan fingerprint density at radius 3 is 2.52 bits per heavy atom. The maximum Gasteiger partial charge on any atom is 0.253 e. The molecule has 0 atom stereocenters. The van der Waals surface area contributed by atoms with E-state index in [4.69, 9.17) is 4.74 Å². The molecule has 118 valence electrons. The van der Waals surface area contributed by atoms with Crippen molar-refractivity contribution in [2.45, 2.75) is 4.90 Å². The summed E-state index contributed by atoms with van der Waals surface area (Å²) in [5.74, 6) is -0.0563. The number of nitrogens with zero attached hydrogens (tertiary/aromatic N) is 1. The summed E-state index contributed by atoms with van der Waals surface area (Å²) < 4.78 is 31.2. The number of ether oxygens (including phenoxy) is 1. The van der Waals surface area contributed by atoms with Crippen molar-refractivity contribution in [1.29, 1.82) is 0 Å². The van der Waals surface area contributed by atoms with Gasteiger partial charge in [0.05, 0.1) is 7.11 Å². The molecular formula is C13H21N3O4S. The summed E-state index contributed by atoms with van der Waals surface area (Å²) in [6.45, 7) is 1.18. The summed E-state index contributed by atoms with van der Waals surface area (Å²) in [4.78, 5) is 13.7. The minimum absolute atomic E-state index is 0.0552. The van der Waals surface area contributed by atoms with Gasteiger partial charge in [-0.25, -0.2) is 13.1 Å². The maximum absolute atomic E-state index is 12.3. The first-order chi connectivity index (χ1) is 9.87. The van der Waals surface area contributed by atoms with Crippen molar-refractivity contribution in [3.05, 3.63) is 23.8 Å². The highest BCUT2D eigenvalue weighted by molar-refractivity contribution is 7.89. The van der Waals surface area contributed by atoms with Gasteiger partial charge in [0.1, 0.15) is 10.6 Å². The van der Waals surface area contributed by atoms with Gasteiger partial charge in [-0.05, 0) is 32.3 Å². The maximum atomic E-state index is 12.3. The van der Waals surface area contributed by atoms with Crippen LogP contribution in [0.5, 0.6) is 5.75 Å². The third kappa shape index (κ3) is 4.16. The first-order valence-corrected chi connectivity index (χ1v) is 7.87. The smallest absolute Gasteiger partial charge is 0.253 e. The lowest BCUT2D eigenvalue weighted by Crippen LogP contribution is -2.33. The number of benzene rings is 1. The van der Waals surface area contributed by atoms with Crippen molar-refractivity contribution in [2.75, 3.05) is 41.3 Å². The fourth-order valence-corrected chi connectivity index (χ4v) is 2.65. The number of amides is 1. The van der Waals surface area contributed by atoms with Gasteiger partial charge in [-0.15, -0.1) is 0 Å². The van der Waals surface area contributed by atoms with Crippen LogP contribution in [-0.4, -0.2) is 60.6 Å². The van der Waals surface area contributed by atoms with Gasteiger partial charge in [0.15, 0.2) is 0 Å². The van der Waals surface area contributed by atoms with E-state index in [1.54, 1.807) is 20.2 Å². The fraction of sp³-hybridized carbons (Fsp3) is 0.462. The highest BCUT2D eigenvalue weighted by Crippen LogP contribution is 2.25. The Hall–Kier alpha value is -1.64. The number of rotatable bonds is 7. The van der Waals surface area contributed by atoms with Crippen LogP contribution in [0.1, 0.15) is 10.4 Å². The van der Waals surface area contributed by atoms with Gasteiger partial charge in [0, 0.05) is 25.7 Å². The molecule has 0 aromatic heterocycles. The second kappa shape index (κ2) is 7.39. The molecule has 0 bridgehead atoms. The van der Waals surface area contributed by atoms with E-state index in [9.17, 15) is 13.2 Å². The van der Waals surface area contributed by atoms with Crippen molar-refractivity contribution in [1.82, 2.24) is 14.9 Å². The molecule has 0 fully saturated rings. The third-order valence-corrected chi connectivity index (χ3v) is 4.45. The molecule has 1 rings (SSSR count). The predicted octanol–water partition coefficient (Wildman–Crippen LogP) is -0.105. The fourth-order valence-electron chi connectivity index (χ4n) is 1.73. The van der Waals surface area contributed by atoms with E-state index in [2.05, 4.69) is 10.0 Å². The minimum Gasteiger partial charge on any atom is -0.495 e. The van der Waals surface area contributed by atoms with Crippen LogP contribution in [0.25, 0.3) is 0 Å². The van der Waals surface area contributed by atoms with E-state index in [-0.39, 0.29) is 16.6 Å². The van der Waals surface area contributed by atoms with Crippen molar-refractivity contribution in [3.63, 3.8) is 0 Å². The zero-order chi connectivity index (χ0) is 16.0. The van der Waals surface area contributed by atoms with Crippen LogP contribution >= 0.6 is 0 Å². The lowest BCUT2D eigenvalue weighted by molar-refractivity contribution is 0.0796. The first-order valence-electron chi connectivity index (χ1n) is 6.39. The Balaban J connectivity index is 3.17. The van der Waals surface area contributed by atoms with Crippen LogP contribution in [0.4, 0.5) is 0 Å². The molecule has 0 aliphatic carbocycles. The van der Waals surface area contributed by atoms with Gasteiger partial charge >= 0.3 is 0 Å². The van der Waals surface area contributed by atoms with Crippen molar-refractivity contribution >= 4 is 15.9 Å². The summed E-state index contributed by atoms with van der Waals surface area (Å²) in [5, 5.41) is 2.95. The molecule has 0 radical (unpaired) electrons. The molecule has 1 aromatic rings. The van der Waals surface area contributed by atoms with Gasteiger partial charge in [0.25, 0.3) is 5.91 Å². The highest BCUT2D eigenvalue weighted by atomic mass is 32.2. The largest absolute Gasteiger partial charge is 0.495 e. The molecule has 1 aromatic carbocycles. The molecule has 0 saturated carbocycles. The molecule has 7 nitrogen and oxygen atoms in total. The lowest BCUT2D eigenvalue weighted by Gasteiger charge is -2.18. The second-order valence-electron chi connectivity index (χ2n) is 4.40. The Morgan fingerprint density at radius 1 is 1.33 bits per heavy atom. The van der Waals surface area contributed by atoms with E-state index < -0.39 is 10.0 Å². The summed E-state index contributed by atoms with van der Waals surface area (Å²) in [7, 11) is 2.45. The van der Waals surface area contributed by atoms with E-state index >= 15 is 0 Å².